The molecule has 0 saturated heterocycles. The summed E-state index contributed by atoms with van der Waals surface area (Å²) in [5, 5.41) is 3.22. The molecule has 1 aliphatic rings. The molecule has 0 amide bonds. The van der Waals surface area contributed by atoms with Crippen molar-refractivity contribution in [1.29, 1.82) is 0 Å². The van der Waals surface area contributed by atoms with Crippen LogP contribution in [0.3, 0.4) is 0 Å². The van der Waals surface area contributed by atoms with Crippen molar-refractivity contribution in [2.75, 3.05) is 12.4 Å². The topological polar surface area (TPSA) is 37.8 Å². The van der Waals surface area contributed by atoms with Gasteiger partial charge in [-0.25, -0.2) is 9.97 Å². The quantitative estimate of drug-likeness (QED) is 0.798. The molecule has 4 heteroatoms. The van der Waals surface area contributed by atoms with E-state index < -0.39 is 0 Å². The molecule has 1 atom stereocenters. The minimum atomic E-state index is 0.358. The number of nitrogens with zero attached hydrogens (tertiary/aromatic N) is 2. The van der Waals surface area contributed by atoms with Gasteiger partial charge in [-0.2, -0.15) is 0 Å². The zero-order chi connectivity index (χ0) is 15.0. The minimum Gasteiger partial charge on any atom is -0.372 e. The van der Waals surface area contributed by atoms with E-state index >= 15 is 0 Å². The molecule has 1 N–H and O–H groups in total. The smallest absolute Gasteiger partial charge is 0.143 e. The summed E-state index contributed by atoms with van der Waals surface area (Å²) in [5.74, 6) is 2.88. The van der Waals surface area contributed by atoms with E-state index in [4.69, 9.17) is 9.97 Å². The molecule has 0 bridgehead atoms. The van der Waals surface area contributed by atoms with Crippen LogP contribution in [0.1, 0.15) is 42.4 Å². The van der Waals surface area contributed by atoms with Crippen LogP contribution in [0.2, 0.25) is 0 Å². The molecule has 0 aliphatic heterocycles. The van der Waals surface area contributed by atoms with Crippen molar-refractivity contribution < 1.29 is 0 Å². The van der Waals surface area contributed by atoms with E-state index in [1.165, 1.54) is 16.8 Å². The molecule has 1 aromatic heterocycles. The lowest BCUT2D eigenvalue weighted by atomic mass is 9.77. The van der Waals surface area contributed by atoms with E-state index in [2.05, 4.69) is 66.0 Å². The van der Waals surface area contributed by atoms with E-state index in [1.807, 2.05) is 7.05 Å². The Hall–Kier alpha value is -1.17. The Kier molecular flexibility index (Phi) is 4.15. The monoisotopic (exact) mass is 393 g/mol. The number of halogens is 1. The van der Waals surface area contributed by atoms with Crippen LogP contribution in [-0.2, 0) is 12.8 Å². The summed E-state index contributed by atoms with van der Waals surface area (Å²) >= 11 is 2.36. The molecular weight excluding hydrogens is 373 g/mol. The van der Waals surface area contributed by atoms with E-state index in [1.54, 1.807) is 0 Å². The number of rotatable bonds is 4. The second-order valence-electron chi connectivity index (χ2n) is 5.99. The maximum atomic E-state index is 4.88. The summed E-state index contributed by atoms with van der Waals surface area (Å²) in [5.41, 5.74) is 3.99. The largest absolute Gasteiger partial charge is 0.372 e. The van der Waals surface area contributed by atoms with Crippen molar-refractivity contribution in [2.24, 2.45) is 5.92 Å². The van der Waals surface area contributed by atoms with Gasteiger partial charge in [0.2, 0.25) is 0 Å². The van der Waals surface area contributed by atoms with Crippen LogP contribution in [0.4, 0.5) is 5.82 Å². The molecule has 110 valence electrons. The third-order valence-corrected chi connectivity index (χ3v) is 5.08. The van der Waals surface area contributed by atoms with Crippen molar-refractivity contribution in [2.45, 2.75) is 32.6 Å². The van der Waals surface area contributed by atoms with Crippen LogP contribution in [-0.4, -0.2) is 17.0 Å². The molecule has 0 spiro atoms. The highest BCUT2D eigenvalue weighted by Crippen LogP contribution is 2.39. The first-order chi connectivity index (χ1) is 10.1. The van der Waals surface area contributed by atoms with Crippen LogP contribution in [0, 0.1) is 9.49 Å². The van der Waals surface area contributed by atoms with Gasteiger partial charge in [-0.05, 0) is 52.5 Å². The van der Waals surface area contributed by atoms with E-state index in [0.29, 0.717) is 11.8 Å². The van der Waals surface area contributed by atoms with E-state index in [-0.39, 0.29) is 0 Å². The number of hydrogen-bond acceptors (Lipinski definition) is 3. The number of benzene rings is 1. The van der Waals surface area contributed by atoms with Gasteiger partial charge >= 0.3 is 0 Å². The van der Waals surface area contributed by atoms with Crippen LogP contribution in [0.5, 0.6) is 0 Å². The van der Waals surface area contributed by atoms with Crippen LogP contribution < -0.4 is 5.32 Å². The Morgan fingerprint density at radius 1 is 1.29 bits per heavy atom. The second-order valence-corrected chi connectivity index (χ2v) is 7.07. The predicted octanol–water partition coefficient (Wildman–Crippen LogP) is 4.01. The Morgan fingerprint density at radius 3 is 2.71 bits per heavy atom. The summed E-state index contributed by atoms with van der Waals surface area (Å²) in [6.45, 7) is 4.46. The van der Waals surface area contributed by atoms with E-state index in [9.17, 15) is 0 Å². The van der Waals surface area contributed by atoms with Gasteiger partial charge in [-0.1, -0.05) is 38.1 Å². The Balaban J connectivity index is 2.00. The summed E-state index contributed by atoms with van der Waals surface area (Å²) in [4.78, 5) is 9.63. The number of aromatic nitrogens is 2. The Bertz CT molecular complexity index is 667. The highest BCUT2D eigenvalue weighted by molar-refractivity contribution is 14.1. The average molecular weight is 393 g/mol. The zero-order valence-corrected chi connectivity index (χ0v) is 14.8. The second kappa shape index (κ2) is 5.91. The molecular formula is C17H20IN3. The zero-order valence-electron chi connectivity index (χ0n) is 12.7. The van der Waals surface area contributed by atoms with Gasteiger partial charge in [0.15, 0.2) is 0 Å². The van der Waals surface area contributed by atoms with Gasteiger partial charge in [-0.15, -0.1) is 0 Å². The van der Waals surface area contributed by atoms with Crippen molar-refractivity contribution in [1.82, 2.24) is 9.97 Å². The molecule has 3 rings (SSSR count). The Morgan fingerprint density at radius 2 is 2.05 bits per heavy atom. The lowest BCUT2D eigenvalue weighted by Crippen LogP contribution is -2.22. The fraction of sp³-hybridized carbons (Fsp3) is 0.412. The van der Waals surface area contributed by atoms with Gasteiger partial charge < -0.3 is 5.32 Å². The summed E-state index contributed by atoms with van der Waals surface area (Å²) < 4.78 is 1.15. The number of fused-ring (bicyclic) bond motifs is 1. The van der Waals surface area contributed by atoms with Gasteiger partial charge in [-0.3, -0.25) is 0 Å². The van der Waals surface area contributed by atoms with Gasteiger partial charge in [0, 0.05) is 13.0 Å². The normalized spacial score (nSPS) is 16.5. The summed E-state index contributed by atoms with van der Waals surface area (Å²) in [7, 11) is 1.93. The fourth-order valence-corrected chi connectivity index (χ4v) is 3.58. The third kappa shape index (κ3) is 2.78. The maximum absolute atomic E-state index is 4.88. The van der Waals surface area contributed by atoms with Crippen LogP contribution in [0.15, 0.2) is 24.3 Å². The van der Waals surface area contributed by atoms with Crippen molar-refractivity contribution >= 4 is 28.4 Å². The molecule has 2 aromatic rings. The molecule has 1 aliphatic carbocycles. The van der Waals surface area contributed by atoms with Crippen molar-refractivity contribution in [3.63, 3.8) is 0 Å². The first-order valence-electron chi connectivity index (χ1n) is 7.42. The molecule has 1 unspecified atom stereocenters. The van der Waals surface area contributed by atoms with Crippen LogP contribution >= 0.6 is 22.6 Å². The minimum absolute atomic E-state index is 0.358. The molecule has 0 saturated carbocycles. The maximum Gasteiger partial charge on any atom is 0.143 e. The summed E-state index contributed by atoms with van der Waals surface area (Å²) in [6, 6.07) is 8.61. The van der Waals surface area contributed by atoms with Crippen LogP contribution in [0.25, 0.3) is 0 Å². The first-order valence-corrected chi connectivity index (χ1v) is 8.50. The van der Waals surface area contributed by atoms with Crippen molar-refractivity contribution in [3.05, 3.63) is 50.5 Å². The predicted molar refractivity (Wildman–Crippen MR) is 94.8 cm³/mol. The molecule has 1 aromatic carbocycles. The standard InChI is InChI=1S/C17H20IN3/c1-10(2)8-14-15(18)17(19-3)21-16(20-14)13-9-11-6-4-5-7-12(11)13/h4-7,10,13H,8-9H2,1-3H3,(H,19,20,21). The highest BCUT2D eigenvalue weighted by Gasteiger charge is 2.30. The third-order valence-electron chi connectivity index (χ3n) is 3.94. The van der Waals surface area contributed by atoms with Gasteiger partial charge in [0.1, 0.15) is 11.6 Å². The van der Waals surface area contributed by atoms with Crippen molar-refractivity contribution in [3.8, 4) is 0 Å². The first kappa shape index (κ1) is 14.8. The SMILES string of the molecule is CNc1nc(C2Cc3ccccc32)nc(CC(C)C)c1I. The van der Waals surface area contributed by atoms with Gasteiger partial charge in [0.25, 0.3) is 0 Å². The molecule has 21 heavy (non-hydrogen) atoms. The average Bonchev–Trinajstić information content (AvgIpc) is 2.43. The Labute approximate surface area is 139 Å². The molecule has 0 radical (unpaired) electrons. The molecule has 1 heterocycles. The number of nitrogens with one attached hydrogen (secondary N) is 1. The lowest BCUT2D eigenvalue weighted by Gasteiger charge is -2.29. The molecule has 3 nitrogen and oxygen atoms in total. The van der Waals surface area contributed by atoms with E-state index in [0.717, 1.165) is 28.1 Å². The fourth-order valence-electron chi connectivity index (χ4n) is 2.85. The van der Waals surface area contributed by atoms with Gasteiger partial charge in [0.05, 0.1) is 9.26 Å². The molecule has 0 fully saturated rings. The number of hydrogen-bond donors (Lipinski definition) is 1. The summed E-state index contributed by atoms with van der Waals surface area (Å²) in [6.07, 6.45) is 2.05. The number of anilines is 1. The lowest BCUT2D eigenvalue weighted by molar-refractivity contribution is 0.610. The highest BCUT2D eigenvalue weighted by atomic mass is 127.